The molecule has 5 heteroatoms. The van der Waals surface area contributed by atoms with Crippen LogP contribution in [0.1, 0.15) is 44.5 Å². The Morgan fingerprint density at radius 3 is 2.90 bits per heavy atom. The van der Waals surface area contributed by atoms with E-state index in [1.54, 1.807) is 0 Å². The maximum absolute atomic E-state index is 12.1. The molecule has 2 heterocycles. The zero-order valence-electron chi connectivity index (χ0n) is 12.2. The summed E-state index contributed by atoms with van der Waals surface area (Å²) < 4.78 is 5.43. The first-order valence-electron chi connectivity index (χ1n) is 7.48. The van der Waals surface area contributed by atoms with Crippen LogP contribution in [0.15, 0.2) is 34.9 Å². The molecule has 21 heavy (non-hydrogen) atoms. The highest BCUT2D eigenvalue weighted by Crippen LogP contribution is 2.31. The average Bonchev–Trinajstić information content (AvgIpc) is 3.05. The van der Waals surface area contributed by atoms with E-state index >= 15 is 0 Å². The Labute approximate surface area is 124 Å². The van der Waals surface area contributed by atoms with Crippen LogP contribution in [-0.4, -0.2) is 27.5 Å². The van der Waals surface area contributed by atoms with Crippen molar-refractivity contribution in [2.45, 2.75) is 38.6 Å². The van der Waals surface area contributed by atoms with Crippen molar-refractivity contribution in [2.24, 2.45) is 0 Å². The van der Waals surface area contributed by atoms with Gasteiger partial charge in [-0.15, -0.1) is 0 Å². The average molecular weight is 285 g/mol. The first-order valence-corrected chi connectivity index (χ1v) is 7.48. The number of amides is 1. The standard InChI is InChI=1S/C16H19N3O2/c1-2-14(20)19-11-7-6-10-13(19)16-17-15(18-21-16)12-8-4-3-5-9-12/h3-5,8-9,13H,2,6-7,10-11H2,1H3. The minimum Gasteiger partial charge on any atom is -0.337 e. The molecule has 1 aliphatic heterocycles. The number of likely N-dealkylation sites (tertiary alicyclic amines) is 1. The van der Waals surface area contributed by atoms with Crippen molar-refractivity contribution in [3.05, 3.63) is 36.2 Å². The van der Waals surface area contributed by atoms with Gasteiger partial charge in [0.1, 0.15) is 6.04 Å². The summed E-state index contributed by atoms with van der Waals surface area (Å²) in [6.45, 7) is 2.66. The van der Waals surface area contributed by atoms with Crippen LogP contribution in [0.4, 0.5) is 0 Å². The number of hydrogen-bond donors (Lipinski definition) is 0. The van der Waals surface area contributed by atoms with Crippen molar-refractivity contribution in [3.8, 4) is 11.4 Å². The van der Waals surface area contributed by atoms with Crippen molar-refractivity contribution in [1.82, 2.24) is 15.0 Å². The largest absolute Gasteiger partial charge is 0.337 e. The first-order chi connectivity index (χ1) is 10.3. The van der Waals surface area contributed by atoms with Crippen LogP contribution in [0, 0.1) is 0 Å². The number of rotatable bonds is 3. The Morgan fingerprint density at radius 1 is 1.33 bits per heavy atom. The summed E-state index contributed by atoms with van der Waals surface area (Å²) in [7, 11) is 0. The number of carbonyl (C=O) groups is 1. The van der Waals surface area contributed by atoms with E-state index in [-0.39, 0.29) is 11.9 Å². The SMILES string of the molecule is CCC(=O)N1CCCCC1c1nc(-c2ccccc2)no1. The second-order valence-corrected chi connectivity index (χ2v) is 5.27. The number of nitrogens with zero attached hydrogens (tertiary/aromatic N) is 3. The van der Waals surface area contributed by atoms with E-state index in [1.807, 2.05) is 42.2 Å². The van der Waals surface area contributed by atoms with Crippen LogP contribution < -0.4 is 0 Å². The molecule has 0 saturated carbocycles. The third kappa shape index (κ3) is 2.82. The number of benzene rings is 1. The predicted molar refractivity (Wildman–Crippen MR) is 78.3 cm³/mol. The minimum absolute atomic E-state index is 0.0730. The molecular formula is C16H19N3O2. The molecule has 1 amide bonds. The fourth-order valence-electron chi connectivity index (χ4n) is 2.76. The third-order valence-corrected chi connectivity index (χ3v) is 3.88. The van der Waals surface area contributed by atoms with Crippen LogP contribution in [-0.2, 0) is 4.79 Å². The van der Waals surface area contributed by atoms with Crippen molar-refractivity contribution in [1.29, 1.82) is 0 Å². The molecule has 1 aromatic carbocycles. The van der Waals surface area contributed by atoms with E-state index in [4.69, 9.17) is 4.52 Å². The van der Waals surface area contributed by atoms with Gasteiger partial charge in [-0.05, 0) is 19.3 Å². The normalized spacial score (nSPS) is 18.7. The second-order valence-electron chi connectivity index (χ2n) is 5.27. The van der Waals surface area contributed by atoms with Gasteiger partial charge < -0.3 is 9.42 Å². The van der Waals surface area contributed by atoms with Gasteiger partial charge in [-0.1, -0.05) is 42.4 Å². The number of piperidine rings is 1. The summed E-state index contributed by atoms with van der Waals surface area (Å²) in [6, 6.07) is 9.66. The monoisotopic (exact) mass is 285 g/mol. The molecule has 2 aromatic rings. The molecule has 5 nitrogen and oxygen atoms in total. The number of hydrogen-bond acceptors (Lipinski definition) is 4. The summed E-state index contributed by atoms with van der Waals surface area (Å²) in [4.78, 5) is 18.4. The molecular weight excluding hydrogens is 266 g/mol. The smallest absolute Gasteiger partial charge is 0.249 e. The van der Waals surface area contributed by atoms with Gasteiger partial charge in [-0.3, -0.25) is 4.79 Å². The molecule has 0 bridgehead atoms. The van der Waals surface area contributed by atoms with E-state index in [0.29, 0.717) is 18.1 Å². The van der Waals surface area contributed by atoms with Crippen LogP contribution in [0.5, 0.6) is 0 Å². The van der Waals surface area contributed by atoms with Gasteiger partial charge in [-0.25, -0.2) is 0 Å². The lowest BCUT2D eigenvalue weighted by molar-refractivity contribution is -0.135. The molecule has 0 spiro atoms. The fraction of sp³-hybridized carbons (Fsp3) is 0.438. The Kier molecular flexibility index (Phi) is 3.99. The zero-order valence-corrected chi connectivity index (χ0v) is 12.2. The molecule has 1 aromatic heterocycles. The molecule has 1 unspecified atom stereocenters. The molecule has 1 saturated heterocycles. The van der Waals surface area contributed by atoms with Crippen molar-refractivity contribution in [2.75, 3.05) is 6.54 Å². The van der Waals surface area contributed by atoms with Crippen LogP contribution in [0.2, 0.25) is 0 Å². The van der Waals surface area contributed by atoms with Gasteiger partial charge in [0, 0.05) is 18.5 Å². The lowest BCUT2D eigenvalue weighted by atomic mass is 10.0. The summed E-state index contributed by atoms with van der Waals surface area (Å²) in [6.07, 6.45) is 3.53. The molecule has 1 atom stereocenters. The summed E-state index contributed by atoms with van der Waals surface area (Å²) in [5.74, 6) is 1.29. The maximum Gasteiger partial charge on any atom is 0.249 e. The van der Waals surface area contributed by atoms with Gasteiger partial charge in [0.25, 0.3) is 0 Å². The second kappa shape index (κ2) is 6.08. The van der Waals surface area contributed by atoms with Gasteiger partial charge >= 0.3 is 0 Å². The van der Waals surface area contributed by atoms with Crippen LogP contribution >= 0.6 is 0 Å². The molecule has 0 N–H and O–H groups in total. The van der Waals surface area contributed by atoms with E-state index in [2.05, 4.69) is 10.1 Å². The third-order valence-electron chi connectivity index (χ3n) is 3.88. The number of aromatic nitrogens is 2. The molecule has 1 fully saturated rings. The zero-order chi connectivity index (χ0) is 14.7. The van der Waals surface area contributed by atoms with Gasteiger partial charge in [0.05, 0.1) is 0 Å². The summed E-state index contributed by atoms with van der Waals surface area (Å²) >= 11 is 0. The van der Waals surface area contributed by atoms with Gasteiger partial charge in [0.15, 0.2) is 0 Å². The highest BCUT2D eigenvalue weighted by atomic mass is 16.5. The van der Waals surface area contributed by atoms with Gasteiger partial charge in [-0.2, -0.15) is 4.98 Å². The van der Waals surface area contributed by atoms with Crippen LogP contribution in [0.25, 0.3) is 11.4 Å². The topological polar surface area (TPSA) is 59.2 Å². The molecule has 3 rings (SSSR count). The minimum atomic E-state index is -0.0730. The summed E-state index contributed by atoms with van der Waals surface area (Å²) in [5.41, 5.74) is 0.927. The van der Waals surface area contributed by atoms with Crippen molar-refractivity contribution in [3.63, 3.8) is 0 Å². The first kappa shape index (κ1) is 13.8. The molecule has 0 aliphatic carbocycles. The lowest BCUT2D eigenvalue weighted by Crippen LogP contribution is -2.38. The fourth-order valence-corrected chi connectivity index (χ4v) is 2.76. The molecule has 110 valence electrons. The Bertz CT molecular complexity index is 609. The van der Waals surface area contributed by atoms with E-state index in [1.165, 1.54) is 0 Å². The highest BCUT2D eigenvalue weighted by molar-refractivity contribution is 5.76. The lowest BCUT2D eigenvalue weighted by Gasteiger charge is -2.33. The Hall–Kier alpha value is -2.17. The highest BCUT2D eigenvalue weighted by Gasteiger charge is 2.31. The Morgan fingerprint density at radius 2 is 2.14 bits per heavy atom. The van der Waals surface area contributed by atoms with E-state index in [9.17, 15) is 4.79 Å². The Balaban J connectivity index is 1.86. The van der Waals surface area contributed by atoms with Crippen molar-refractivity contribution >= 4 is 5.91 Å². The van der Waals surface area contributed by atoms with Crippen molar-refractivity contribution < 1.29 is 9.32 Å². The van der Waals surface area contributed by atoms with Crippen LogP contribution in [0.3, 0.4) is 0 Å². The number of carbonyl (C=O) groups excluding carboxylic acids is 1. The molecule has 1 aliphatic rings. The van der Waals surface area contributed by atoms with E-state index < -0.39 is 0 Å². The van der Waals surface area contributed by atoms with Gasteiger partial charge in [0.2, 0.25) is 17.6 Å². The predicted octanol–water partition coefficient (Wildman–Crippen LogP) is 3.20. The van der Waals surface area contributed by atoms with E-state index in [0.717, 1.165) is 31.4 Å². The molecule has 0 radical (unpaired) electrons. The summed E-state index contributed by atoms with van der Waals surface area (Å²) in [5, 5.41) is 4.06. The quantitative estimate of drug-likeness (QED) is 0.869. The maximum atomic E-state index is 12.1.